The average molecular weight is 542 g/mol. The Morgan fingerprint density at radius 1 is 0.923 bits per heavy atom. The minimum absolute atomic E-state index is 0.0718. The predicted octanol–water partition coefficient (Wildman–Crippen LogP) is 5.41. The van der Waals surface area contributed by atoms with Gasteiger partial charge in [0.15, 0.2) is 0 Å². The lowest BCUT2D eigenvalue weighted by molar-refractivity contribution is 0.0950. The average Bonchev–Trinajstić information content (AvgIpc) is 3.06. The van der Waals surface area contributed by atoms with Gasteiger partial charge in [-0.15, -0.1) is 0 Å². The first-order valence-corrected chi connectivity index (χ1v) is 13.9. The van der Waals surface area contributed by atoms with Crippen LogP contribution >= 0.6 is 0 Å². The molecule has 2 amide bonds. The molecule has 0 saturated heterocycles. The van der Waals surface area contributed by atoms with Crippen LogP contribution in [0.5, 0.6) is 0 Å². The molecule has 6 nitrogen and oxygen atoms in total. The molecule has 1 aliphatic rings. The first-order chi connectivity index (χ1) is 19.0. The van der Waals surface area contributed by atoms with Crippen molar-refractivity contribution in [3.05, 3.63) is 120 Å². The third-order valence-corrected chi connectivity index (χ3v) is 8.23. The summed E-state index contributed by atoms with van der Waals surface area (Å²) >= 11 is 0. The van der Waals surface area contributed by atoms with E-state index in [4.69, 9.17) is 0 Å². The van der Waals surface area contributed by atoms with E-state index in [1.807, 2.05) is 30.3 Å². The van der Waals surface area contributed by atoms with Crippen molar-refractivity contribution in [2.24, 2.45) is 0 Å². The maximum Gasteiger partial charge on any atom is 0.259 e. The number of hydrogen-bond acceptors (Lipinski definition) is 4. The molecular formula is C31H28FN3O3S. The number of fused-ring (bicyclic) bond motifs is 2. The van der Waals surface area contributed by atoms with Gasteiger partial charge in [-0.1, -0.05) is 48.5 Å². The molecule has 4 aromatic carbocycles. The van der Waals surface area contributed by atoms with E-state index >= 15 is 0 Å². The fourth-order valence-corrected chi connectivity index (χ4v) is 6.02. The molecule has 0 bridgehead atoms. The highest BCUT2D eigenvalue weighted by molar-refractivity contribution is 7.85. The molecule has 1 N–H and O–H groups in total. The number of para-hydroxylation sites is 1. The second-order valence-electron chi connectivity index (χ2n) is 9.10. The van der Waals surface area contributed by atoms with Gasteiger partial charge in [-0.3, -0.25) is 9.59 Å². The smallest absolute Gasteiger partial charge is 0.259 e. The van der Waals surface area contributed by atoms with Crippen molar-refractivity contribution in [3.63, 3.8) is 0 Å². The fraction of sp³-hybridized carbons (Fsp3) is 0.161. The molecular weight excluding hydrogens is 513 g/mol. The molecule has 0 spiro atoms. The standard InChI is InChI=1S/C31H28FN3O3S/c1-2-34(24-11-4-3-5-12-24)19-18-33-30(36)22-16-17-29-27(20-22)35(21-23-10-6-8-14-26(23)32)31(37)25-13-7-9-15-28(25)39(29)38/h3-17,20H,2,18-19,21H2,1H3,(H,33,36)/t39-/m1/s1. The zero-order chi connectivity index (χ0) is 27.4. The number of amides is 2. The number of anilines is 2. The molecule has 0 aliphatic carbocycles. The Labute approximate surface area is 229 Å². The van der Waals surface area contributed by atoms with E-state index in [9.17, 15) is 18.2 Å². The fourth-order valence-electron chi connectivity index (χ4n) is 4.67. The van der Waals surface area contributed by atoms with Gasteiger partial charge in [0.25, 0.3) is 11.8 Å². The lowest BCUT2D eigenvalue weighted by Gasteiger charge is -2.24. The molecule has 1 aliphatic heterocycles. The molecule has 8 heteroatoms. The van der Waals surface area contributed by atoms with Crippen molar-refractivity contribution in [1.29, 1.82) is 0 Å². The Bertz CT molecular complexity index is 1540. The molecule has 4 aromatic rings. The summed E-state index contributed by atoms with van der Waals surface area (Å²) in [5.74, 6) is -1.16. The van der Waals surface area contributed by atoms with Crippen LogP contribution < -0.4 is 15.1 Å². The first-order valence-electron chi connectivity index (χ1n) is 12.8. The Morgan fingerprint density at radius 3 is 2.41 bits per heavy atom. The topological polar surface area (TPSA) is 69.7 Å². The van der Waals surface area contributed by atoms with Gasteiger partial charge in [0.1, 0.15) is 5.82 Å². The van der Waals surface area contributed by atoms with Crippen LogP contribution in [0.25, 0.3) is 0 Å². The Morgan fingerprint density at radius 2 is 1.64 bits per heavy atom. The van der Waals surface area contributed by atoms with Crippen LogP contribution in [-0.2, 0) is 17.3 Å². The van der Waals surface area contributed by atoms with E-state index in [0.29, 0.717) is 39.7 Å². The maximum absolute atomic E-state index is 14.6. The summed E-state index contributed by atoms with van der Waals surface area (Å²) < 4.78 is 28.2. The van der Waals surface area contributed by atoms with Crippen LogP contribution in [0.3, 0.4) is 0 Å². The second kappa shape index (κ2) is 11.6. The van der Waals surface area contributed by atoms with Crippen LogP contribution in [0, 0.1) is 5.82 Å². The lowest BCUT2D eigenvalue weighted by atomic mass is 10.1. The van der Waals surface area contributed by atoms with Crippen molar-refractivity contribution in [3.8, 4) is 0 Å². The monoisotopic (exact) mass is 541 g/mol. The SMILES string of the molecule is CCN(CCNC(=O)c1ccc2c(c1)N(Cc1ccccc1F)C(=O)c1ccccc1[S@]2=O)c1ccccc1. The van der Waals surface area contributed by atoms with Gasteiger partial charge < -0.3 is 15.1 Å². The third kappa shape index (κ3) is 5.47. The van der Waals surface area contributed by atoms with Crippen LogP contribution in [0.15, 0.2) is 107 Å². The lowest BCUT2D eigenvalue weighted by Crippen LogP contribution is -2.35. The van der Waals surface area contributed by atoms with Crippen LogP contribution in [0.4, 0.5) is 15.8 Å². The summed E-state index contributed by atoms with van der Waals surface area (Å²) in [6, 6.07) is 27.7. The van der Waals surface area contributed by atoms with Crippen molar-refractivity contribution >= 4 is 34.0 Å². The minimum Gasteiger partial charge on any atom is -0.370 e. The van der Waals surface area contributed by atoms with Crippen LogP contribution in [-0.4, -0.2) is 35.7 Å². The van der Waals surface area contributed by atoms with Crippen molar-refractivity contribution in [2.75, 3.05) is 29.4 Å². The zero-order valence-corrected chi connectivity index (χ0v) is 22.3. The van der Waals surface area contributed by atoms with Gasteiger partial charge in [-0.2, -0.15) is 0 Å². The first kappa shape index (κ1) is 26.3. The number of benzene rings is 4. The van der Waals surface area contributed by atoms with E-state index in [1.54, 1.807) is 60.7 Å². The van der Waals surface area contributed by atoms with Gasteiger partial charge >= 0.3 is 0 Å². The zero-order valence-electron chi connectivity index (χ0n) is 21.5. The molecule has 0 radical (unpaired) electrons. The molecule has 198 valence electrons. The summed E-state index contributed by atoms with van der Waals surface area (Å²) in [5.41, 5.74) is 2.33. The van der Waals surface area contributed by atoms with Gasteiger partial charge in [0, 0.05) is 36.4 Å². The van der Waals surface area contributed by atoms with Crippen molar-refractivity contribution < 1.29 is 18.2 Å². The summed E-state index contributed by atoms with van der Waals surface area (Å²) in [5, 5.41) is 2.95. The van der Waals surface area contributed by atoms with E-state index in [0.717, 1.165) is 12.2 Å². The summed E-state index contributed by atoms with van der Waals surface area (Å²) in [6.45, 7) is 3.80. The minimum atomic E-state index is -1.66. The summed E-state index contributed by atoms with van der Waals surface area (Å²) in [7, 11) is -1.66. The van der Waals surface area contributed by atoms with E-state index in [2.05, 4.69) is 17.1 Å². The van der Waals surface area contributed by atoms with Gasteiger partial charge in [0.2, 0.25) is 0 Å². The molecule has 0 fully saturated rings. The molecule has 0 unspecified atom stereocenters. The summed E-state index contributed by atoms with van der Waals surface area (Å²) in [6.07, 6.45) is 0. The van der Waals surface area contributed by atoms with Crippen LogP contribution in [0.1, 0.15) is 33.2 Å². The molecule has 1 atom stereocenters. The number of nitrogens with zero attached hydrogens (tertiary/aromatic N) is 2. The van der Waals surface area contributed by atoms with Gasteiger partial charge in [0.05, 0.1) is 38.4 Å². The highest BCUT2D eigenvalue weighted by Gasteiger charge is 2.32. The maximum atomic E-state index is 14.6. The number of likely N-dealkylation sites (N-methyl/N-ethyl adjacent to an activating group) is 1. The number of halogens is 1. The molecule has 0 aromatic heterocycles. The molecule has 1 heterocycles. The van der Waals surface area contributed by atoms with Crippen molar-refractivity contribution in [2.45, 2.75) is 23.3 Å². The van der Waals surface area contributed by atoms with Crippen LogP contribution in [0.2, 0.25) is 0 Å². The number of carbonyl (C=O) groups is 2. The molecule has 5 rings (SSSR count). The number of hydrogen-bond donors (Lipinski definition) is 1. The van der Waals surface area contributed by atoms with Crippen molar-refractivity contribution in [1.82, 2.24) is 5.32 Å². The third-order valence-electron chi connectivity index (χ3n) is 6.73. The predicted molar refractivity (Wildman–Crippen MR) is 151 cm³/mol. The molecule has 0 saturated carbocycles. The van der Waals surface area contributed by atoms with Gasteiger partial charge in [-0.25, -0.2) is 8.60 Å². The second-order valence-corrected chi connectivity index (χ2v) is 10.5. The van der Waals surface area contributed by atoms with E-state index < -0.39 is 22.5 Å². The molecule has 39 heavy (non-hydrogen) atoms. The number of rotatable bonds is 8. The Kier molecular flexibility index (Phi) is 7.84. The summed E-state index contributed by atoms with van der Waals surface area (Å²) in [4.78, 5) is 31.2. The normalized spacial score (nSPS) is 14.3. The highest BCUT2D eigenvalue weighted by Crippen LogP contribution is 2.36. The number of nitrogens with one attached hydrogen (secondary N) is 1. The highest BCUT2D eigenvalue weighted by atomic mass is 32.2. The largest absolute Gasteiger partial charge is 0.370 e. The Hall–Kier alpha value is -4.30. The Balaban J connectivity index is 1.44. The number of carbonyl (C=O) groups excluding carboxylic acids is 2. The quantitative estimate of drug-likeness (QED) is 0.324. The van der Waals surface area contributed by atoms with E-state index in [1.165, 1.54) is 11.0 Å². The van der Waals surface area contributed by atoms with E-state index in [-0.39, 0.29) is 18.0 Å². The van der Waals surface area contributed by atoms with Gasteiger partial charge in [-0.05, 0) is 55.5 Å².